The molecule has 1 amide bonds. The lowest BCUT2D eigenvalue weighted by Crippen LogP contribution is -2.22. The summed E-state index contributed by atoms with van der Waals surface area (Å²) in [5.41, 5.74) is 6.16. The van der Waals surface area contributed by atoms with Gasteiger partial charge in [-0.25, -0.2) is 0 Å². The van der Waals surface area contributed by atoms with E-state index >= 15 is 0 Å². The van der Waals surface area contributed by atoms with Gasteiger partial charge in [0.2, 0.25) is 5.91 Å². The zero-order valence-electron chi connectivity index (χ0n) is 12.2. The Hall–Kier alpha value is -1.20. The second-order valence-corrected chi connectivity index (χ2v) is 5.97. The van der Waals surface area contributed by atoms with Crippen molar-refractivity contribution in [2.45, 2.75) is 31.9 Å². The molecule has 0 aliphatic rings. The average molecular weight is 296 g/mol. The molecule has 4 nitrogen and oxygen atoms in total. The third-order valence-corrected chi connectivity index (χ3v) is 3.98. The molecule has 1 atom stereocenters. The lowest BCUT2D eigenvalue weighted by atomic mass is 10.3. The molecule has 0 saturated carbocycles. The summed E-state index contributed by atoms with van der Waals surface area (Å²) in [4.78, 5) is 12.0. The molecule has 0 fully saturated rings. The molecule has 0 aromatic heterocycles. The molecule has 1 unspecified atom stereocenters. The maximum Gasteiger partial charge on any atom is 0.237 e. The first-order valence-corrected chi connectivity index (χ1v) is 8.07. The highest BCUT2D eigenvalue weighted by molar-refractivity contribution is 8.00. The number of hydrogen-bond donors (Lipinski definition) is 2. The number of hydrogen-bond acceptors (Lipinski definition) is 4. The predicted molar refractivity (Wildman–Crippen MR) is 86.4 cm³/mol. The maximum atomic E-state index is 12.0. The van der Waals surface area contributed by atoms with Crippen molar-refractivity contribution in [1.82, 2.24) is 0 Å². The van der Waals surface area contributed by atoms with E-state index in [1.165, 1.54) is 0 Å². The van der Waals surface area contributed by atoms with E-state index in [1.54, 1.807) is 11.8 Å². The van der Waals surface area contributed by atoms with E-state index in [0.717, 1.165) is 30.0 Å². The highest BCUT2D eigenvalue weighted by Crippen LogP contribution is 2.18. The molecule has 1 aromatic carbocycles. The lowest BCUT2D eigenvalue weighted by molar-refractivity contribution is -0.115. The Balaban J connectivity index is 2.41. The number of benzene rings is 1. The van der Waals surface area contributed by atoms with Gasteiger partial charge >= 0.3 is 0 Å². The van der Waals surface area contributed by atoms with Gasteiger partial charge in [-0.1, -0.05) is 13.3 Å². The Morgan fingerprint density at radius 1 is 1.40 bits per heavy atom. The van der Waals surface area contributed by atoms with Crippen molar-refractivity contribution in [2.24, 2.45) is 5.73 Å². The van der Waals surface area contributed by atoms with Crippen LogP contribution in [0.3, 0.4) is 0 Å². The zero-order valence-corrected chi connectivity index (χ0v) is 13.0. The second kappa shape index (κ2) is 9.66. The van der Waals surface area contributed by atoms with E-state index in [4.69, 9.17) is 10.5 Å². The molecular formula is C15H24N2O2S. The minimum atomic E-state index is -0.0327. The van der Waals surface area contributed by atoms with Crippen LogP contribution in [-0.2, 0) is 4.79 Å². The van der Waals surface area contributed by atoms with Gasteiger partial charge in [-0.2, -0.15) is 0 Å². The van der Waals surface area contributed by atoms with Gasteiger partial charge in [0.15, 0.2) is 0 Å². The fourth-order valence-corrected chi connectivity index (χ4v) is 2.55. The number of anilines is 1. The van der Waals surface area contributed by atoms with E-state index in [1.807, 2.05) is 31.2 Å². The highest BCUT2D eigenvalue weighted by Gasteiger charge is 2.12. The van der Waals surface area contributed by atoms with Crippen LogP contribution in [0.4, 0.5) is 5.69 Å². The van der Waals surface area contributed by atoms with Crippen LogP contribution >= 0.6 is 11.8 Å². The summed E-state index contributed by atoms with van der Waals surface area (Å²) in [6, 6.07) is 7.35. The van der Waals surface area contributed by atoms with Crippen molar-refractivity contribution in [1.29, 1.82) is 0 Å². The standard InChI is InChI=1S/C15H24N2O2S/c1-3-4-11-20-12(2)15(18)17-13-5-7-14(8-6-13)19-10-9-16/h5-8,12H,3-4,9-11,16H2,1-2H3,(H,17,18). The molecule has 3 N–H and O–H groups in total. The van der Waals surface area contributed by atoms with Crippen molar-refractivity contribution in [3.63, 3.8) is 0 Å². The Kier molecular flexibility index (Phi) is 8.14. The minimum absolute atomic E-state index is 0.0327. The molecule has 0 radical (unpaired) electrons. The van der Waals surface area contributed by atoms with Gasteiger partial charge < -0.3 is 15.8 Å². The molecule has 112 valence electrons. The molecule has 0 bridgehead atoms. The molecule has 0 saturated heterocycles. The summed E-state index contributed by atoms with van der Waals surface area (Å²) in [5, 5.41) is 2.88. The van der Waals surface area contributed by atoms with Crippen LogP contribution in [-0.4, -0.2) is 30.1 Å². The van der Waals surface area contributed by atoms with Gasteiger partial charge in [-0.3, -0.25) is 4.79 Å². The van der Waals surface area contributed by atoms with Gasteiger partial charge in [0.1, 0.15) is 12.4 Å². The smallest absolute Gasteiger partial charge is 0.237 e. The van der Waals surface area contributed by atoms with Crippen LogP contribution in [0, 0.1) is 0 Å². The third-order valence-electron chi connectivity index (χ3n) is 2.74. The molecule has 0 aliphatic carbocycles. The number of nitrogens with one attached hydrogen (secondary N) is 1. The fourth-order valence-electron chi connectivity index (χ4n) is 1.54. The number of amides is 1. The summed E-state index contributed by atoms with van der Waals surface area (Å²) in [7, 11) is 0. The number of thioether (sulfide) groups is 1. The first-order valence-electron chi connectivity index (χ1n) is 7.02. The van der Waals surface area contributed by atoms with Crippen LogP contribution in [0.5, 0.6) is 5.75 Å². The van der Waals surface area contributed by atoms with Crippen LogP contribution in [0.1, 0.15) is 26.7 Å². The number of unbranched alkanes of at least 4 members (excludes halogenated alkanes) is 1. The number of nitrogens with two attached hydrogens (primary N) is 1. The van der Waals surface area contributed by atoms with Gasteiger partial charge in [0.05, 0.1) is 5.25 Å². The van der Waals surface area contributed by atoms with Crippen molar-refractivity contribution in [2.75, 3.05) is 24.2 Å². The van der Waals surface area contributed by atoms with Crippen molar-refractivity contribution >= 4 is 23.4 Å². The number of ether oxygens (including phenoxy) is 1. The minimum Gasteiger partial charge on any atom is -0.492 e. The predicted octanol–water partition coefficient (Wildman–Crippen LogP) is 2.88. The number of rotatable bonds is 9. The van der Waals surface area contributed by atoms with Gasteiger partial charge in [-0.15, -0.1) is 11.8 Å². The molecule has 0 spiro atoms. The Morgan fingerprint density at radius 2 is 2.10 bits per heavy atom. The van der Waals surface area contributed by atoms with Crippen LogP contribution in [0.15, 0.2) is 24.3 Å². The first-order chi connectivity index (χ1) is 9.67. The van der Waals surface area contributed by atoms with Gasteiger partial charge in [0.25, 0.3) is 0 Å². The fraction of sp³-hybridized carbons (Fsp3) is 0.533. The summed E-state index contributed by atoms with van der Waals surface area (Å²) >= 11 is 1.69. The Bertz CT molecular complexity index is 395. The van der Waals surface area contributed by atoms with E-state index < -0.39 is 0 Å². The third kappa shape index (κ3) is 6.30. The van der Waals surface area contributed by atoms with Crippen LogP contribution in [0.25, 0.3) is 0 Å². The van der Waals surface area contributed by atoms with Gasteiger partial charge in [0, 0.05) is 12.2 Å². The molecule has 0 heterocycles. The molecular weight excluding hydrogens is 272 g/mol. The molecule has 0 aliphatic heterocycles. The van der Waals surface area contributed by atoms with Crippen LogP contribution in [0.2, 0.25) is 0 Å². The Labute approximate surface area is 125 Å². The monoisotopic (exact) mass is 296 g/mol. The van der Waals surface area contributed by atoms with Crippen molar-refractivity contribution in [3.8, 4) is 5.75 Å². The summed E-state index contributed by atoms with van der Waals surface area (Å²) in [6.07, 6.45) is 2.31. The van der Waals surface area contributed by atoms with Gasteiger partial charge in [-0.05, 0) is 43.4 Å². The molecule has 1 aromatic rings. The summed E-state index contributed by atoms with van der Waals surface area (Å²) < 4.78 is 5.39. The lowest BCUT2D eigenvalue weighted by Gasteiger charge is -2.12. The SMILES string of the molecule is CCCCSC(C)C(=O)Nc1ccc(OCCN)cc1. The largest absolute Gasteiger partial charge is 0.492 e. The van der Waals surface area contributed by atoms with E-state index in [0.29, 0.717) is 13.2 Å². The molecule has 1 rings (SSSR count). The van der Waals surface area contributed by atoms with Crippen LogP contribution < -0.4 is 15.8 Å². The quantitative estimate of drug-likeness (QED) is 0.688. The normalized spacial score (nSPS) is 11.9. The Morgan fingerprint density at radius 3 is 2.70 bits per heavy atom. The van der Waals surface area contributed by atoms with E-state index in [-0.39, 0.29) is 11.2 Å². The van der Waals surface area contributed by atoms with Crippen molar-refractivity contribution in [3.05, 3.63) is 24.3 Å². The average Bonchev–Trinajstić information content (AvgIpc) is 2.46. The summed E-state index contributed by atoms with van der Waals surface area (Å²) in [6.45, 7) is 5.08. The van der Waals surface area contributed by atoms with Crippen molar-refractivity contribution < 1.29 is 9.53 Å². The molecule has 5 heteroatoms. The summed E-state index contributed by atoms with van der Waals surface area (Å²) in [5.74, 6) is 1.83. The number of carbonyl (C=O) groups is 1. The number of carbonyl (C=O) groups excluding carboxylic acids is 1. The molecule has 20 heavy (non-hydrogen) atoms. The highest BCUT2D eigenvalue weighted by atomic mass is 32.2. The maximum absolute atomic E-state index is 12.0. The van der Waals surface area contributed by atoms with E-state index in [2.05, 4.69) is 12.2 Å². The topological polar surface area (TPSA) is 64.3 Å². The second-order valence-electron chi connectivity index (χ2n) is 4.52. The zero-order chi connectivity index (χ0) is 14.8. The van der Waals surface area contributed by atoms with E-state index in [9.17, 15) is 4.79 Å². The first kappa shape index (κ1) is 16.9.